The van der Waals surface area contributed by atoms with Crippen molar-refractivity contribution in [3.8, 4) is 0 Å². The Labute approximate surface area is 127 Å². The second-order valence-corrected chi connectivity index (χ2v) is 7.06. The van der Waals surface area contributed by atoms with E-state index in [9.17, 15) is 8.42 Å². The number of anilines is 1. The summed E-state index contributed by atoms with van der Waals surface area (Å²) in [5, 5.41) is 0. The topological polar surface area (TPSA) is 46.2 Å². The molecule has 0 unspecified atom stereocenters. The monoisotopic (exact) mass is 303 g/mol. The Morgan fingerprint density at radius 3 is 2.00 bits per heavy atom. The lowest BCUT2D eigenvalue weighted by molar-refractivity contribution is 0.601. The lowest BCUT2D eigenvalue weighted by Gasteiger charge is -2.10. The first-order chi connectivity index (χ1) is 9.92. The average molecular weight is 303 g/mol. The lowest BCUT2D eigenvalue weighted by atomic mass is 10.0. The number of nitrogens with one attached hydrogen (secondary N) is 1. The van der Waals surface area contributed by atoms with Crippen LogP contribution in [0, 0.1) is 0 Å². The minimum atomic E-state index is -3.52. The fraction of sp³-hybridized carbons (Fsp3) is 0.294. The van der Waals surface area contributed by atoms with Gasteiger partial charge in [-0.1, -0.05) is 45.0 Å². The van der Waals surface area contributed by atoms with Gasteiger partial charge in [0.05, 0.1) is 4.90 Å². The van der Waals surface area contributed by atoms with Gasteiger partial charge < -0.3 is 0 Å². The first-order valence-electron chi connectivity index (χ1n) is 7.14. The van der Waals surface area contributed by atoms with Gasteiger partial charge >= 0.3 is 0 Å². The molecule has 0 spiro atoms. The third kappa shape index (κ3) is 3.85. The molecule has 0 fully saturated rings. The van der Waals surface area contributed by atoms with Crippen LogP contribution in [0.3, 0.4) is 0 Å². The maximum absolute atomic E-state index is 12.3. The quantitative estimate of drug-likeness (QED) is 0.901. The molecule has 0 amide bonds. The summed E-state index contributed by atoms with van der Waals surface area (Å²) in [7, 11) is -3.52. The first kappa shape index (κ1) is 15.6. The average Bonchev–Trinajstić information content (AvgIpc) is 2.47. The zero-order valence-corrected chi connectivity index (χ0v) is 13.4. The first-order valence-corrected chi connectivity index (χ1v) is 8.62. The van der Waals surface area contributed by atoms with Crippen molar-refractivity contribution >= 4 is 15.7 Å². The van der Waals surface area contributed by atoms with Gasteiger partial charge in [0.15, 0.2) is 0 Å². The van der Waals surface area contributed by atoms with E-state index < -0.39 is 10.0 Å². The van der Waals surface area contributed by atoms with Crippen LogP contribution in [0.15, 0.2) is 53.4 Å². The number of sulfonamides is 1. The Balaban J connectivity index is 2.19. The predicted octanol–water partition coefficient (Wildman–Crippen LogP) is 4.17. The Kier molecular flexibility index (Phi) is 4.68. The Morgan fingerprint density at radius 1 is 0.952 bits per heavy atom. The molecule has 0 saturated carbocycles. The zero-order chi connectivity index (χ0) is 15.5. The summed E-state index contributed by atoms with van der Waals surface area (Å²) in [5.41, 5.74) is 2.89. The van der Waals surface area contributed by atoms with E-state index in [1.54, 1.807) is 24.3 Å². The lowest BCUT2D eigenvalue weighted by Crippen LogP contribution is -2.12. The van der Waals surface area contributed by atoms with Gasteiger partial charge in [-0.2, -0.15) is 0 Å². The van der Waals surface area contributed by atoms with Gasteiger partial charge in [0.2, 0.25) is 0 Å². The van der Waals surface area contributed by atoms with Crippen LogP contribution in [0.5, 0.6) is 0 Å². The van der Waals surface area contributed by atoms with Gasteiger partial charge in [-0.05, 0) is 47.7 Å². The molecular formula is C17H21NO2S. The second-order valence-electron chi connectivity index (χ2n) is 5.38. The summed E-state index contributed by atoms with van der Waals surface area (Å²) in [6.07, 6.45) is 0.893. The summed E-state index contributed by atoms with van der Waals surface area (Å²) in [5.74, 6) is 0.428. The van der Waals surface area contributed by atoms with E-state index >= 15 is 0 Å². The molecule has 4 heteroatoms. The van der Waals surface area contributed by atoms with E-state index in [0.29, 0.717) is 11.6 Å². The van der Waals surface area contributed by atoms with E-state index in [2.05, 4.69) is 18.6 Å². The molecule has 0 radical (unpaired) electrons. The third-order valence-corrected chi connectivity index (χ3v) is 4.87. The van der Waals surface area contributed by atoms with Crippen molar-refractivity contribution in [1.29, 1.82) is 0 Å². The van der Waals surface area contributed by atoms with Crippen LogP contribution in [0.25, 0.3) is 0 Å². The fourth-order valence-electron chi connectivity index (χ4n) is 2.05. The molecule has 2 rings (SSSR count). The Morgan fingerprint density at radius 2 is 1.52 bits per heavy atom. The summed E-state index contributed by atoms with van der Waals surface area (Å²) < 4.78 is 27.2. The van der Waals surface area contributed by atoms with Gasteiger partial charge in [-0.3, -0.25) is 4.72 Å². The highest BCUT2D eigenvalue weighted by atomic mass is 32.2. The normalized spacial score (nSPS) is 11.6. The number of aryl methyl sites for hydroxylation is 1. The molecule has 1 N–H and O–H groups in total. The van der Waals surface area contributed by atoms with E-state index in [4.69, 9.17) is 0 Å². The molecule has 0 saturated heterocycles. The van der Waals surface area contributed by atoms with Gasteiger partial charge in [-0.15, -0.1) is 0 Å². The fourth-order valence-corrected chi connectivity index (χ4v) is 3.11. The van der Waals surface area contributed by atoms with Crippen molar-refractivity contribution in [2.24, 2.45) is 0 Å². The molecular weight excluding hydrogens is 282 g/mol. The van der Waals surface area contributed by atoms with Crippen molar-refractivity contribution < 1.29 is 8.42 Å². The summed E-state index contributed by atoms with van der Waals surface area (Å²) in [6.45, 7) is 6.25. The van der Waals surface area contributed by atoms with Gasteiger partial charge in [0.25, 0.3) is 10.0 Å². The van der Waals surface area contributed by atoms with Crippen LogP contribution in [0.2, 0.25) is 0 Å². The smallest absolute Gasteiger partial charge is 0.261 e. The largest absolute Gasteiger partial charge is 0.280 e. The molecule has 21 heavy (non-hydrogen) atoms. The number of hydrogen-bond acceptors (Lipinski definition) is 2. The molecule has 0 atom stereocenters. The zero-order valence-electron chi connectivity index (χ0n) is 12.6. The molecule has 0 aliphatic carbocycles. The minimum Gasteiger partial charge on any atom is -0.280 e. The van der Waals surface area contributed by atoms with E-state index in [0.717, 1.165) is 12.0 Å². The molecule has 3 nitrogen and oxygen atoms in total. The summed E-state index contributed by atoms with van der Waals surface area (Å²) in [6, 6.07) is 14.5. The van der Waals surface area contributed by atoms with Gasteiger partial charge in [0.1, 0.15) is 0 Å². The Hall–Kier alpha value is -1.81. The molecule has 0 bridgehead atoms. The van der Waals surface area contributed by atoms with Gasteiger partial charge in [-0.25, -0.2) is 8.42 Å². The molecule has 0 aromatic heterocycles. The maximum atomic E-state index is 12.3. The Bertz CT molecular complexity index is 687. The molecule has 112 valence electrons. The molecule has 0 heterocycles. The number of benzene rings is 2. The van der Waals surface area contributed by atoms with Crippen LogP contribution in [-0.2, 0) is 16.4 Å². The predicted molar refractivity (Wildman–Crippen MR) is 87.2 cm³/mol. The summed E-state index contributed by atoms with van der Waals surface area (Å²) in [4.78, 5) is 0.285. The number of hydrogen-bond donors (Lipinski definition) is 1. The third-order valence-electron chi connectivity index (χ3n) is 3.47. The van der Waals surface area contributed by atoms with Crippen molar-refractivity contribution in [3.63, 3.8) is 0 Å². The van der Waals surface area contributed by atoms with E-state index in [1.165, 1.54) is 5.56 Å². The van der Waals surface area contributed by atoms with Crippen LogP contribution in [-0.4, -0.2) is 8.42 Å². The van der Waals surface area contributed by atoms with E-state index in [1.807, 2.05) is 31.2 Å². The van der Waals surface area contributed by atoms with Gasteiger partial charge in [0, 0.05) is 5.69 Å². The molecule has 0 aliphatic rings. The van der Waals surface area contributed by atoms with E-state index in [-0.39, 0.29) is 4.90 Å². The van der Waals surface area contributed by atoms with Crippen molar-refractivity contribution in [2.45, 2.75) is 38.0 Å². The van der Waals surface area contributed by atoms with Crippen LogP contribution < -0.4 is 4.72 Å². The van der Waals surface area contributed by atoms with Crippen molar-refractivity contribution in [1.82, 2.24) is 0 Å². The second kappa shape index (κ2) is 6.31. The number of rotatable bonds is 5. The molecule has 2 aromatic carbocycles. The highest BCUT2D eigenvalue weighted by molar-refractivity contribution is 7.92. The van der Waals surface area contributed by atoms with Crippen LogP contribution >= 0.6 is 0 Å². The maximum Gasteiger partial charge on any atom is 0.261 e. The van der Waals surface area contributed by atoms with Crippen molar-refractivity contribution in [2.75, 3.05) is 4.72 Å². The molecule has 2 aromatic rings. The SMILES string of the molecule is CCc1ccc(S(=O)(=O)Nc2ccc(C(C)C)cc2)cc1. The van der Waals surface area contributed by atoms with Crippen LogP contribution in [0.1, 0.15) is 37.8 Å². The minimum absolute atomic E-state index is 0.285. The van der Waals surface area contributed by atoms with Crippen molar-refractivity contribution in [3.05, 3.63) is 59.7 Å². The highest BCUT2D eigenvalue weighted by Crippen LogP contribution is 2.20. The summed E-state index contributed by atoms with van der Waals surface area (Å²) >= 11 is 0. The standard InChI is InChI=1S/C17H21NO2S/c1-4-14-5-11-17(12-6-14)21(19,20)18-16-9-7-15(8-10-16)13(2)3/h5-13,18H,4H2,1-3H3. The highest BCUT2D eigenvalue weighted by Gasteiger charge is 2.13. The van der Waals surface area contributed by atoms with Crippen LogP contribution in [0.4, 0.5) is 5.69 Å². The molecule has 0 aliphatic heterocycles.